The molecule has 2 N–H and O–H groups in total. The third kappa shape index (κ3) is 3.60. The smallest absolute Gasteiger partial charge is 0.253 e. The molecule has 2 aromatic rings. The third-order valence-corrected chi connectivity index (χ3v) is 4.68. The summed E-state index contributed by atoms with van der Waals surface area (Å²) in [5.41, 5.74) is 6.78. The van der Waals surface area contributed by atoms with Gasteiger partial charge in [-0.25, -0.2) is 0 Å². The van der Waals surface area contributed by atoms with E-state index in [2.05, 4.69) is 13.8 Å². The maximum Gasteiger partial charge on any atom is 0.253 e. The molecule has 1 saturated heterocycles. The molecule has 0 spiro atoms. The Hall–Kier alpha value is -2.33. The van der Waals surface area contributed by atoms with E-state index in [0.717, 1.165) is 17.9 Å². The molecule has 1 unspecified atom stereocenters. The number of para-hydroxylation sites is 1. The van der Waals surface area contributed by atoms with E-state index in [9.17, 15) is 4.79 Å². The number of carbonyl (C=O) groups is 1. The molecule has 1 heterocycles. The molecule has 2 aromatic carbocycles. The van der Waals surface area contributed by atoms with Crippen molar-refractivity contribution in [3.63, 3.8) is 0 Å². The topological polar surface area (TPSA) is 55.6 Å². The maximum atomic E-state index is 12.7. The molecule has 126 valence electrons. The number of ether oxygens (including phenoxy) is 1. The van der Waals surface area contributed by atoms with Crippen molar-refractivity contribution in [1.82, 2.24) is 4.90 Å². The van der Waals surface area contributed by atoms with Gasteiger partial charge in [0.05, 0.1) is 0 Å². The van der Waals surface area contributed by atoms with Crippen LogP contribution in [0.15, 0.2) is 54.6 Å². The second-order valence-corrected chi connectivity index (χ2v) is 7.05. The number of likely N-dealkylation sites (tertiary alicyclic amines) is 1. The van der Waals surface area contributed by atoms with Gasteiger partial charge >= 0.3 is 0 Å². The van der Waals surface area contributed by atoms with E-state index >= 15 is 0 Å². The molecule has 0 bridgehead atoms. The van der Waals surface area contributed by atoms with Crippen LogP contribution < -0.4 is 10.5 Å². The molecular formula is C20H24N2O2. The largest absolute Gasteiger partial charge is 0.457 e. The van der Waals surface area contributed by atoms with Crippen molar-refractivity contribution in [3.8, 4) is 11.5 Å². The van der Waals surface area contributed by atoms with Crippen molar-refractivity contribution in [2.75, 3.05) is 13.1 Å². The Kier molecular flexibility index (Phi) is 4.58. The average molecular weight is 324 g/mol. The standard InChI is InChI=1S/C20H24N2O2/c1-20(2)14-22(13-12-18(20)21)19(23)15-8-10-17(11-9-15)24-16-6-4-3-5-7-16/h3-11,18H,12-14,21H2,1-2H3. The van der Waals surface area contributed by atoms with E-state index in [1.807, 2.05) is 59.5 Å². The number of piperidine rings is 1. The summed E-state index contributed by atoms with van der Waals surface area (Å²) < 4.78 is 5.76. The summed E-state index contributed by atoms with van der Waals surface area (Å²) in [6.07, 6.45) is 0.841. The van der Waals surface area contributed by atoms with Gasteiger partial charge in [0.15, 0.2) is 0 Å². The predicted octanol–water partition coefficient (Wildman–Crippen LogP) is 3.68. The molecule has 24 heavy (non-hydrogen) atoms. The number of amides is 1. The zero-order valence-corrected chi connectivity index (χ0v) is 14.2. The van der Waals surface area contributed by atoms with Crippen LogP contribution in [0.25, 0.3) is 0 Å². The van der Waals surface area contributed by atoms with Crippen molar-refractivity contribution in [2.24, 2.45) is 11.1 Å². The molecule has 1 fully saturated rings. The van der Waals surface area contributed by atoms with Crippen molar-refractivity contribution >= 4 is 5.91 Å². The van der Waals surface area contributed by atoms with Gasteiger partial charge in [-0.1, -0.05) is 32.0 Å². The van der Waals surface area contributed by atoms with Crippen molar-refractivity contribution in [3.05, 3.63) is 60.2 Å². The molecule has 1 aliphatic rings. The molecule has 0 aromatic heterocycles. The Morgan fingerprint density at radius 2 is 1.71 bits per heavy atom. The van der Waals surface area contributed by atoms with Gasteiger partial charge in [-0.3, -0.25) is 4.79 Å². The van der Waals surface area contributed by atoms with Crippen LogP contribution in [0.4, 0.5) is 0 Å². The van der Waals surface area contributed by atoms with Gasteiger partial charge in [0.2, 0.25) is 0 Å². The minimum Gasteiger partial charge on any atom is -0.457 e. The fraction of sp³-hybridized carbons (Fsp3) is 0.350. The Morgan fingerprint density at radius 3 is 2.33 bits per heavy atom. The maximum absolute atomic E-state index is 12.7. The average Bonchev–Trinajstić information content (AvgIpc) is 2.58. The predicted molar refractivity (Wildman–Crippen MR) is 95.2 cm³/mol. The van der Waals surface area contributed by atoms with E-state index in [1.54, 1.807) is 0 Å². The van der Waals surface area contributed by atoms with Crippen LogP contribution in [0, 0.1) is 5.41 Å². The first-order valence-electron chi connectivity index (χ1n) is 8.33. The molecule has 0 saturated carbocycles. The number of nitrogens with zero attached hydrogens (tertiary/aromatic N) is 1. The number of benzene rings is 2. The minimum absolute atomic E-state index is 0.0513. The number of hydrogen-bond donors (Lipinski definition) is 1. The third-order valence-electron chi connectivity index (χ3n) is 4.68. The summed E-state index contributed by atoms with van der Waals surface area (Å²) in [5, 5.41) is 0. The van der Waals surface area contributed by atoms with Crippen LogP contribution in [0.5, 0.6) is 11.5 Å². The van der Waals surface area contributed by atoms with Crippen LogP contribution in [0.3, 0.4) is 0 Å². The van der Waals surface area contributed by atoms with Crippen LogP contribution in [0.1, 0.15) is 30.6 Å². The summed E-state index contributed by atoms with van der Waals surface area (Å²) in [6.45, 7) is 5.64. The van der Waals surface area contributed by atoms with Crippen molar-refractivity contribution in [1.29, 1.82) is 0 Å². The number of carbonyl (C=O) groups excluding carboxylic acids is 1. The van der Waals surface area contributed by atoms with Crippen LogP contribution >= 0.6 is 0 Å². The second kappa shape index (κ2) is 6.65. The summed E-state index contributed by atoms with van der Waals surface area (Å²) in [6, 6.07) is 17.1. The zero-order chi connectivity index (χ0) is 17.2. The van der Waals surface area contributed by atoms with Gasteiger partial charge in [0, 0.05) is 24.7 Å². The van der Waals surface area contributed by atoms with Crippen LogP contribution in [-0.2, 0) is 0 Å². The highest BCUT2D eigenvalue weighted by atomic mass is 16.5. The quantitative estimate of drug-likeness (QED) is 0.937. The molecule has 1 atom stereocenters. The fourth-order valence-corrected chi connectivity index (χ4v) is 3.02. The van der Waals surface area contributed by atoms with E-state index in [1.165, 1.54) is 0 Å². The first-order chi connectivity index (χ1) is 11.5. The van der Waals surface area contributed by atoms with Gasteiger partial charge in [0.1, 0.15) is 11.5 Å². The molecule has 0 aliphatic carbocycles. The molecule has 1 amide bonds. The number of nitrogens with two attached hydrogens (primary N) is 1. The molecule has 4 heteroatoms. The highest BCUT2D eigenvalue weighted by Crippen LogP contribution is 2.29. The molecule has 3 rings (SSSR count). The van der Waals surface area contributed by atoms with Crippen LogP contribution in [0.2, 0.25) is 0 Å². The summed E-state index contributed by atoms with van der Waals surface area (Å²) >= 11 is 0. The monoisotopic (exact) mass is 324 g/mol. The van der Waals surface area contributed by atoms with Gasteiger partial charge in [-0.2, -0.15) is 0 Å². The number of hydrogen-bond acceptors (Lipinski definition) is 3. The lowest BCUT2D eigenvalue weighted by Crippen LogP contribution is -2.53. The Labute approximate surface area is 143 Å². The molecule has 4 nitrogen and oxygen atoms in total. The van der Waals surface area contributed by atoms with E-state index < -0.39 is 0 Å². The highest BCUT2D eigenvalue weighted by molar-refractivity contribution is 5.94. The lowest BCUT2D eigenvalue weighted by atomic mass is 9.79. The Balaban J connectivity index is 1.68. The van der Waals surface area contributed by atoms with Crippen molar-refractivity contribution < 1.29 is 9.53 Å². The Morgan fingerprint density at radius 1 is 1.08 bits per heavy atom. The lowest BCUT2D eigenvalue weighted by Gasteiger charge is -2.42. The lowest BCUT2D eigenvalue weighted by molar-refractivity contribution is 0.0533. The first-order valence-corrected chi connectivity index (χ1v) is 8.33. The molecule has 0 radical (unpaired) electrons. The summed E-state index contributed by atoms with van der Waals surface area (Å²) in [4.78, 5) is 14.6. The fourth-order valence-electron chi connectivity index (χ4n) is 3.02. The Bertz CT molecular complexity index is 695. The zero-order valence-electron chi connectivity index (χ0n) is 14.2. The SMILES string of the molecule is CC1(C)CN(C(=O)c2ccc(Oc3ccccc3)cc2)CCC1N. The summed E-state index contributed by atoms with van der Waals surface area (Å²) in [5.74, 6) is 1.56. The summed E-state index contributed by atoms with van der Waals surface area (Å²) in [7, 11) is 0. The number of rotatable bonds is 3. The molecule has 1 aliphatic heterocycles. The minimum atomic E-state index is -0.0513. The first kappa shape index (κ1) is 16.5. The van der Waals surface area contributed by atoms with Crippen molar-refractivity contribution in [2.45, 2.75) is 26.3 Å². The van der Waals surface area contributed by atoms with E-state index in [-0.39, 0.29) is 17.4 Å². The second-order valence-electron chi connectivity index (χ2n) is 7.05. The highest BCUT2D eigenvalue weighted by Gasteiger charge is 2.35. The van der Waals surface area contributed by atoms with Gasteiger partial charge in [0.25, 0.3) is 5.91 Å². The van der Waals surface area contributed by atoms with Gasteiger partial charge in [-0.15, -0.1) is 0 Å². The van der Waals surface area contributed by atoms with Crippen LogP contribution in [-0.4, -0.2) is 29.9 Å². The van der Waals surface area contributed by atoms with Gasteiger partial charge in [-0.05, 0) is 48.2 Å². The molecular weight excluding hydrogens is 300 g/mol. The normalized spacial score (nSPS) is 19.8. The van der Waals surface area contributed by atoms with E-state index in [0.29, 0.717) is 18.7 Å². The van der Waals surface area contributed by atoms with Gasteiger partial charge < -0.3 is 15.4 Å². The van der Waals surface area contributed by atoms with E-state index in [4.69, 9.17) is 10.5 Å².